The first-order valence-electron chi connectivity index (χ1n) is 8.64. The van der Waals surface area contributed by atoms with Gasteiger partial charge in [0.05, 0.1) is 25.2 Å². The average Bonchev–Trinajstić information content (AvgIpc) is 2.67. The molecule has 0 aromatic heterocycles. The van der Waals surface area contributed by atoms with E-state index in [0.717, 1.165) is 28.4 Å². The third-order valence-electron chi connectivity index (χ3n) is 4.11. The van der Waals surface area contributed by atoms with Crippen LogP contribution in [0.1, 0.15) is 47.2 Å². The fourth-order valence-electron chi connectivity index (χ4n) is 2.58. The summed E-state index contributed by atoms with van der Waals surface area (Å²) in [5.74, 6) is -0.985. The largest absolute Gasteiger partial charge is 0.465 e. The third kappa shape index (κ3) is 5.70. The molecule has 2 rings (SSSR count). The van der Waals surface area contributed by atoms with Gasteiger partial charge in [0.2, 0.25) is 0 Å². The summed E-state index contributed by atoms with van der Waals surface area (Å²) in [7, 11) is 1.35. The van der Waals surface area contributed by atoms with Crippen molar-refractivity contribution in [3.8, 4) is 0 Å². The zero-order valence-corrected chi connectivity index (χ0v) is 16.6. The van der Waals surface area contributed by atoms with Crippen LogP contribution in [0.4, 0.5) is 0 Å². The Morgan fingerprint density at radius 3 is 2.27 bits per heavy atom. The van der Waals surface area contributed by atoms with E-state index in [1.54, 1.807) is 12.1 Å². The highest BCUT2D eigenvalue weighted by Crippen LogP contribution is 2.25. The van der Waals surface area contributed by atoms with E-state index in [2.05, 4.69) is 22.9 Å². The van der Waals surface area contributed by atoms with Gasteiger partial charge in [-0.2, -0.15) is 0 Å². The SMILES string of the molecule is CCCCOC(=O)C(Cc1ccc(C(=O)OC)cc1)c1ccc(Br)cc1. The van der Waals surface area contributed by atoms with Crippen molar-refractivity contribution in [3.63, 3.8) is 0 Å². The van der Waals surface area contributed by atoms with Crippen LogP contribution in [0.15, 0.2) is 53.0 Å². The van der Waals surface area contributed by atoms with Crippen molar-refractivity contribution < 1.29 is 19.1 Å². The Bertz CT molecular complexity index is 723. The van der Waals surface area contributed by atoms with E-state index in [0.29, 0.717) is 18.6 Å². The monoisotopic (exact) mass is 418 g/mol. The van der Waals surface area contributed by atoms with E-state index in [1.807, 2.05) is 36.4 Å². The highest BCUT2D eigenvalue weighted by molar-refractivity contribution is 9.10. The number of rotatable bonds is 8. The summed E-state index contributed by atoms with van der Waals surface area (Å²) in [5, 5.41) is 0. The van der Waals surface area contributed by atoms with E-state index in [4.69, 9.17) is 9.47 Å². The Labute approximate surface area is 162 Å². The molecule has 5 heteroatoms. The summed E-state index contributed by atoms with van der Waals surface area (Å²) in [4.78, 5) is 24.2. The van der Waals surface area contributed by atoms with Crippen LogP contribution in [-0.2, 0) is 20.7 Å². The van der Waals surface area contributed by atoms with Crippen LogP contribution in [0.3, 0.4) is 0 Å². The molecule has 0 fully saturated rings. The van der Waals surface area contributed by atoms with Gasteiger partial charge in [-0.1, -0.05) is 53.5 Å². The van der Waals surface area contributed by atoms with Gasteiger partial charge in [0.25, 0.3) is 0 Å². The number of unbranched alkanes of at least 4 members (excludes halogenated alkanes) is 1. The minimum atomic E-state index is -0.385. The molecule has 2 aromatic rings. The van der Waals surface area contributed by atoms with Gasteiger partial charge in [-0.25, -0.2) is 4.79 Å². The first-order chi connectivity index (χ1) is 12.5. The van der Waals surface area contributed by atoms with Crippen molar-refractivity contribution in [1.29, 1.82) is 0 Å². The number of halogens is 1. The summed E-state index contributed by atoms with van der Waals surface area (Å²) in [5.41, 5.74) is 2.35. The van der Waals surface area contributed by atoms with Crippen LogP contribution in [0.5, 0.6) is 0 Å². The van der Waals surface area contributed by atoms with Gasteiger partial charge in [0, 0.05) is 4.47 Å². The minimum Gasteiger partial charge on any atom is -0.465 e. The molecule has 0 saturated heterocycles. The molecule has 0 saturated carbocycles. The number of benzene rings is 2. The molecular formula is C21H23BrO4. The molecule has 0 radical (unpaired) electrons. The molecule has 0 aliphatic carbocycles. The minimum absolute atomic E-state index is 0.224. The first kappa shape index (κ1) is 20.2. The quantitative estimate of drug-likeness (QED) is 0.451. The number of ether oxygens (including phenoxy) is 2. The zero-order chi connectivity index (χ0) is 18.9. The third-order valence-corrected chi connectivity index (χ3v) is 4.64. The molecule has 1 unspecified atom stereocenters. The molecule has 2 aromatic carbocycles. The lowest BCUT2D eigenvalue weighted by molar-refractivity contribution is -0.145. The summed E-state index contributed by atoms with van der Waals surface area (Å²) in [6.07, 6.45) is 2.34. The number of methoxy groups -OCH3 is 1. The van der Waals surface area contributed by atoms with Crippen LogP contribution < -0.4 is 0 Å². The van der Waals surface area contributed by atoms with Crippen LogP contribution in [0.25, 0.3) is 0 Å². The standard InChI is InChI=1S/C21H23BrO4/c1-3-4-13-26-21(24)19(16-9-11-18(22)12-10-16)14-15-5-7-17(8-6-15)20(23)25-2/h5-12,19H,3-4,13-14H2,1-2H3. The predicted molar refractivity (Wildman–Crippen MR) is 104 cm³/mol. The molecule has 0 heterocycles. The van der Waals surface area contributed by atoms with E-state index in [9.17, 15) is 9.59 Å². The maximum Gasteiger partial charge on any atom is 0.337 e. The Morgan fingerprint density at radius 1 is 1.04 bits per heavy atom. The van der Waals surface area contributed by atoms with Crippen LogP contribution in [0.2, 0.25) is 0 Å². The number of carbonyl (C=O) groups excluding carboxylic acids is 2. The fourth-order valence-corrected chi connectivity index (χ4v) is 2.84. The molecule has 26 heavy (non-hydrogen) atoms. The predicted octanol–water partition coefficient (Wildman–Crippen LogP) is 4.91. The van der Waals surface area contributed by atoms with Gasteiger partial charge in [-0.05, 0) is 48.2 Å². The number of carbonyl (C=O) groups is 2. The molecule has 138 valence electrons. The van der Waals surface area contributed by atoms with Crippen molar-refractivity contribution in [2.45, 2.75) is 32.1 Å². The van der Waals surface area contributed by atoms with Gasteiger partial charge in [0.15, 0.2) is 0 Å². The van der Waals surface area contributed by atoms with Crippen molar-refractivity contribution in [2.75, 3.05) is 13.7 Å². The van der Waals surface area contributed by atoms with Crippen molar-refractivity contribution >= 4 is 27.9 Å². The summed E-state index contributed by atoms with van der Waals surface area (Å²) >= 11 is 3.42. The topological polar surface area (TPSA) is 52.6 Å². The summed E-state index contributed by atoms with van der Waals surface area (Å²) in [6, 6.07) is 14.8. The van der Waals surface area contributed by atoms with Crippen molar-refractivity contribution in [2.24, 2.45) is 0 Å². The van der Waals surface area contributed by atoms with Crippen LogP contribution >= 0.6 is 15.9 Å². The lowest BCUT2D eigenvalue weighted by Crippen LogP contribution is -2.19. The maximum atomic E-state index is 12.6. The van der Waals surface area contributed by atoms with E-state index < -0.39 is 0 Å². The Morgan fingerprint density at radius 2 is 1.69 bits per heavy atom. The zero-order valence-electron chi connectivity index (χ0n) is 15.0. The van der Waals surface area contributed by atoms with E-state index in [1.165, 1.54) is 7.11 Å². The second-order valence-electron chi connectivity index (χ2n) is 6.02. The second kappa shape index (κ2) is 10.1. The number of hydrogen-bond donors (Lipinski definition) is 0. The van der Waals surface area contributed by atoms with E-state index >= 15 is 0 Å². The molecule has 0 spiro atoms. The molecule has 0 bridgehead atoms. The normalized spacial score (nSPS) is 11.7. The summed E-state index contributed by atoms with van der Waals surface area (Å²) < 4.78 is 11.1. The van der Waals surface area contributed by atoms with Gasteiger partial charge >= 0.3 is 11.9 Å². The Balaban J connectivity index is 2.18. The van der Waals surface area contributed by atoms with Gasteiger partial charge in [-0.3, -0.25) is 4.79 Å². The molecule has 0 aliphatic rings. The second-order valence-corrected chi connectivity index (χ2v) is 6.93. The lowest BCUT2D eigenvalue weighted by Gasteiger charge is -2.17. The molecule has 0 amide bonds. The maximum absolute atomic E-state index is 12.6. The summed E-state index contributed by atoms with van der Waals surface area (Å²) in [6.45, 7) is 2.49. The van der Waals surface area contributed by atoms with Crippen molar-refractivity contribution in [3.05, 3.63) is 69.7 Å². The lowest BCUT2D eigenvalue weighted by atomic mass is 9.91. The van der Waals surface area contributed by atoms with Crippen molar-refractivity contribution in [1.82, 2.24) is 0 Å². The Hall–Kier alpha value is -2.14. The smallest absolute Gasteiger partial charge is 0.337 e. The van der Waals surface area contributed by atoms with Gasteiger partial charge in [-0.15, -0.1) is 0 Å². The highest BCUT2D eigenvalue weighted by atomic mass is 79.9. The number of hydrogen-bond acceptors (Lipinski definition) is 4. The Kier molecular flexibility index (Phi) is 7.85. The molecular weight excluding hydrogens is 396 g/mol. The van der Waals surface area contributed by atoms with Crippen LogP contribution in [0, 0.1) is 0 Å². The average molecular weight is 419 g/mol. The first-order valence-corrected chi connectivity index (χ1v) is 9.43. The van der Waals surface area contributed by atoms with Gasteiger partial charge in [0.1, 0.15) is 0 Å². The molecule has 1 atom stereocenters. The molecule has 0 N–H and O–H groups in total. The van der Waals surface area contributed by atoms with E-state index in [-0.39, 0.29) is 17.9 Å². The fraction of sp³-hybridized carbons (Fsp3) is 0.333. The van der Waals surface area contributed by atoms with Gasteiger partial charge < -0.3 is 9.47 Å². The van der Waals surface area contributed by atoms with Crippen LogP contribution in [-0.4, -0.2) is 25.7 Å². The molecule has 0 aliphatic heterocycles. The highest BCUT2D eigenvalue weighted by Gasteiger charge is 2.23. The number of esters is 2. The molecule has 4 nitrogen and oxygen atoms in total.